The highest BCUT2D eigenvalue weighted by Gasteiger charge is 2.17. The van der Waals surface area contributed by atoms with E-state index in [9.17, 15) is 0 Å². The van der Waals surface area contributed by atoms with Crippen LogP contribution in [0.2, 0.25) is 0 Å². The summed E-state index contributed by atoms with van der Waals surface area (Å²) in [7, 11) is 0. The first-order valence-electron chi connectivity index (χ1n) is 18.5. The summed E-state index contributed by atoms with van der Waals surface area (Å²) in [5.41, 5.74) is 7.57. The van der Waals surface area contributed by atoms with Crippen molar-refractivity contribution >= 4 is 106 Å². The van der Waals surface area contributed by atoms with Crippen LogP contribution >= 0.6 is 22.7 Å². The lowest BCUT2D eigenvalue weighted by Crippen LogP contribution is -1.90. The van der Waals surface area contributed by atoms with Gasteiger partial charge in [-0.25, -0.2) is 0 Å². The van der Waals surface area contributed by atoms with Gasteiger partial charge >= 0.3 is 0 Å². The number of thiophene rings is 2. The smallest absolute Gasteiger partial charge is 0.0534 e. The lowest BCUT2D eigenvalue weighted by molar-refractivity contribution is 1.66. The molecule has 10 aromatic carbocycles. The minimum atomic E-state index is 1.24. The van der Waals surface area contributed by atoms with Gasteiger partial charge in [0.2, 0.25) is 0 Å². The molecular weight excluding hydrogens is 689 g/mol. The largest absolute Gasteiger partial charge is 0.134 e. The summed E-state index contributed by atoms with van der Waals surface area (Å²) in [6.07, 6.45) is 0. The molecule has 0 atom stereocenters. The number of hydrogen-bond acceptors (Lipinski definition) is 2. The Hall–Kier alpha value is -6.32. The first-order chi connectivity index (χ1) is 26.7. The summed E-state index contributed by atoms with van der Waals surface area (Å²) in [5, 5.41) is 15.6. The van der Waals surface area contributed by atoms with Crippen molar-refractivity contribution < 1.29 is 0 Å². The second-order valence-electron chi connectivity index (χ2n) is 14.4. The average Bonchev–Trinajstić information content (AvgIpc) is 3.80. The standard InChI is InChI=1S/C52H30S2/c1-2-10-31(11-3-1)49-40-13-4-6-15-42(40)50(43-16-7-5-14-41(43)49)37-23-22-33-26-32(18-19-34(33)27-37)35-20-21-36-30-48-46(29-38(36)28-35)45-25-24-44-39-12-8-9-17-47(39)53-51(44)52(45)54-48/h1-30H. The molecule has 250 valence electrons. The highest BCUT2D eigenvalue weighted by molar-refractivity contribution is 7.33. The number of benzene rings is 10. The van der Waals surface area contributed by atoms with Crippen molar-refractivity contribution in [3.05, 3.63) is 182 Å². The van der Waals surface area contributed by atoms with E-state index in [1.807, 2.05) is 22.7 Å². The molecule has 54 heavy (non-hydrogen) atoms. The predicted molar refractivity (Wildman–Crippen MR) is 239 cm³/mol. The third kappa shape index (κ3) is 4.48. The molecule has 0 N–H and O–H groups in total. The van der Waals surface area contributed by atoms with Crippen molar-refractivity contribution in [2.24, 2.45) is 0 Å². The Morgan fingerprint density at radius 2 is 0.704 bits per heavy atom. The Morgan fingerprint density at radius 3 is 1.35 bits per heavy atom. The molecule has 0 saturated carbocycles. The Morgan fingerprint density at radius 1 is 0.241 bits per heavy atom. The SMILES string of the molecule is c1ccc(-c2c3ccccc3c(-c3ccc4cc(-c5ccc6cc7sc8c(ccc9c%10ccccc%10sc98)c7cc6c5)ccc4c3)c3ccccc23)cc1. The fourth-order valence-electron chi connectivity index (χ4n) is 8.87. The van der Waals surface area contributed by atoms with Gasteiger partial charge in [-0.1, -0.05) is 146 Å². The van der Waals surface area contributed by atoms with E-state index >= 15 is 0 Å². The first kappa shape index (κ1) is 30.2. The minimum absolute atomic E-state index is 1.24. The summed E-state index contributed by atoms with van der Waals surface area (Å²) >= 11 is 3.85. The fourth-order valence-corrected chi connectivity index (χ4v) is 11.4. The maximum atomic E-state index is 2.41. The van der Waals surface area contributed by atoms with E-state index in [1.165, 1.54) is 117 Å². The van der Waals surface area contributed by atoms with Crippen molar-refractivity contribution in [3.63, 3.8) is 0 Å². The van der Waals surface area contributed by atoms with Gasteiger partial charge in [0, 0.05) is 30.9 Å². The lowest BCUT2D eigenvalue weighted by atomic mass is 9.85. The number of rotatable bonds is 3. The average molecular weight is 719 g/mol. The van der Waals surface area contributed by atoms with Crippen LogP contribution in [0.15, 0.2) is 182 Å². The van der Waals surface area contributed by atoms with Crippen LogP contribution in [0.3, 0.4) is 0 Å². The van der Waals surface area contributed by atoms with Gasteiger partial charge in [-0.05, 0) is 113 Å². The van der Waals surface area contributed by atoms with Gasteiger partial charge in [-0.3, -0.25) is 0 Å². The Balaban J connectivity index is 0.969. The minimum Gasteiger partial charge on any atom is -0.134 e. The van der Waals surface area contributed by atoms with E-state index in [2.05, 4.69) is 182 Å². The molecular formula is C52H30S2. The Bertz CT molecular complexity index is 3430. The molecule has 0 radical (unpaired) electrons. The number of hydrogen-bond donors (Lipinski definition) is 0. The summed E-state index contributed by atoms with van der Waals surface area (Å²) in [4.78, 5) is 0. The van der Waals surface area contributed by atoms with Gasteiger partial charge in [-0.2, -0.15) is 0 Å². The molecule has 0 spiro atoms. The van der Waals surface area contributed by atoms with Crippen LogP contribution in [0, 0.1) is 0 Å². The summed E-state index contributed by atoms with van der Waals surface area (Å²) in [6, 6.07) is 67.8. The quantitative estimate of drug-likeness (QED) is 0.160. The fraction of sp³-hybridized carbons (Fsp3) is 0. The van der Waals surface area contributed by atoms with Crippen molar-refractivity contribution in [1.29, 1.82) is 0 Å². The van der Waals surface area contributed by atoms with Gasteiger partial charge in [0.25, 0.3) is 0 Å². The van der Waals surface area contributed by atoms with E-state index in [0.29, 0.717) is 0 Å². The zero-order chi connectivity index (χ0) is 35.3. The topological polar surface area (TPSA) is 0 Å². The van der Waals surface area contributed by atoms with E-state index in [1.54, 1.807) is 0 Å². The van der Waals surface area contributed by atoms with Crippen LogP contribution in [0.5, 0.6) is 0 Å². The third-order valence-electron chi connectivity index (χ3n) is 11.4. The third-order valence-corrected chi connectivity index (χ3v) is 13.9. The molecule has 0 aliphatic rings. The van der Waals surface area contributed by atoms with Gasteiger partial charge in [0.15, 0.2) is 0 Å². The molecule has 2 heterocycles. The maximum Gasteiger partial charge on any atom is 0.0534 e. The molecule has 2 aromatic heterocycles. The van der Waals surface area contributed by atoms with Crippen molar-refractivity contribution in [3.8, 4) is 33.4 Å². The van der Waals surface area contributed by atoms with Crippen molar-refractivity contribution in [2.45, 2.75) is 0 Å². The molecule has 0 saturated heterocycles. The zero-order valence-electron chi connectivity index (χ0n) is 29.1. The molecule has 0 aliphatic heterocycles. The molecule has 12 rings (SSSR count). The predicted octanol–water partition coefficient (Wildman–Crippen LogP) is 16.0. The molecule has 0 aliphatic carbocycles. The van der Waals surface area contributed by atoms with Gasteiger partial charge in [-0.15, -0.1) is 22.7 Å². The molecule has 0 amide bonds. The van der Waals surface area contributed by atoms with E-state index in [0.717, 1.165) is 0 Å². The lowest BCUT2D eigenvalue weighted by Gasteiger charge is -2.18. The number of fused-ring (bicyclic) bond motifs is 11. The second-order valence-corrected chi connectivity index (χ2v) is 16.5. The Kier molecular flexibility index (Phi) is 6.48. The molecule has 0 fully saturated rings. The molecule has 0 nitrogen and oxygen atoms in total. The second kappa shape index (κ2) is 11.6. The van der Waals surface area contributed by atoms with Crippen LogP contribution in [0.1, 0.15) is 0 Å². The van der Waals surface area contributed by atoms with Crippen LogP contribution in [-0.2, 0) is 0 Å². The first-order valence-corrected chi connectivity index (χ1v) is 20.1. The van der Waals surface area contributed by atoms with Crippen LogP contribution in [-0.4, -0.2) is 0 Å². The summed E-state index contributed by atoms with van der Waals surface area (Å²) in [5.74, 6) is 0. The normalized spacial score (nSPS) is 12.1. The van der Waals surface area contributed by atoms with Gasteiger partial charge in [0.05, 0.1) is 9.40 Å². The molecule has 2 heteroatoms. The van der Waals surface area contributed by atoms with Crippen LogP contribution in [0.4, 0.5) is 0 Å². The molecule has 12 aromatic rings. The molecule has 0 unspecified atom stereocenters. The molecule has 0 bridgehead atoms. The zero-order valence-corrected chi connectivity index (χ0v) is 30.8. The van der Waals surface area contributed by atoms with Crippen molar-refractivity contribution in [2.75, 3.05) is 0 Å². The Labute approximate surface area is 319 Å². The van der Waals surface area contributed by atoms with Gasteiger partial charge in [0.1, 0.15) is 0 Å². The highest BCUT2D eigenvalue weighted by Crippen LogP contribution is 2.46. The highest BCUT2D eigenvalue weighted by atomic mass is 32.1. The van der Waals surface area contributed by atoms with Gasteiger partial charge < -0.3 is 0 Å². The van der Waals surface area contributed by atoms with E-state index < -0.39 is 0 Å². The monoisotopic (exact) mass is 718 g/mol. The summed E-state index contributed by atoms with van der Waals surface area (Å²) < 4.78 is 5.52. The van der Waals surface area contributed by atoms with Crippen molar-refractivity contribution in [1.82, 2.24) is 0 Å². The van der Waals surface area contributed by atoms with Crippen LogP contribution < -0.4 is 0 Å². The summed E-state index contributed by atoms with van der Waals surface area (Å²) in [6.45, 7) is 0. The van der Waals surface area contributed by atoms with E-state index in [-0.39, 0.29) is 0 Å². The van der Waals surface area contributed by atoms with Crippen LogP contribution in [0.25, 0.3) is 117 Å². The maximum absolute atomic E-state index is 2.41. The van der Waals surface area contributed by atoms with E-state index in [4.69, 9.17) is 0 Å².